The zero-order valence-electron chi connectivity index (χ0n) is 16.3. The number of nitrogens with one attached hydrogen (secondary N) is 2. The third-order valence-electron chi connectivity index (χ3n) is 6.63. The second kappa shape index (κ2) is 8.47. The summed E-state index contributed by atoms with van der Waals surface area (Å²) < 4.78 is 0. The molecule has 4 heterocycles. The van der Waals surface area contributed by atoms with Crippen molar-refractivity contribution < 1.29 is 14.7 Å². The molecule has 1 aromatic rings. The van der Waals surface area contributed by atoms with Crippen LogP contribution >= 0.6 is 0 Å². The fourth-order valence-electron chi connectivity index (χ4n) is 5.20. The van der Waals surface area contributed by atoms with Crippen LogP contribution in [0.25, 0.3) is 0 Å². The van der Waals surface area contributed by atoms with Gasteiger partial charge in [0.2, 0.25) is 0 Å². The van der Waals surface area contributed by atoms with Crippen molar-refractivity contribution in [2.24, 2.45) is 5.92 Å². The topological polar surface area (TPSA) is 94.6 Å². The van der Waals surface area contributed by atoms with Gasteiger partial charge in [-0.2, -0.15) is 0 Å². The van der Waals surface area contributed by atoms with E-state index in [0.29, 0.717) is 30.0 Å². The van der Waals surface area contributed by atoms with Crippen LogP contribution in [-0.2, 0) is 0 Å². The molecule has 3 N–H and O–H groups in total. The van der Waals surface area contributed by atoms with Gasteiger partial charge in [0.05, 0.1) is 0 Å². The van der Waals surface area contributed by atoms with Gasteiger partial charge >= 0.3 is 6.09 Å². The van der Waals surface area contributed by atoms with Gasteiger partial charge in [-0.1, -0.05) is 0 Å². The molecule has 1 amide bonds. The van der Waals surface area contributed by atoms with Crippen LogP contribution in [0.5, 0.6) is 0 Å². The number of amides is 1. The SMILES string of the molecule is O=C(O)NC1CC2CCC(C1)N2c1ccc(C(=O)CCC2CCNCC2)cn1. The van der Waals surface area contributed by atoms with Gasteiger partial charge in [0, 0.05) is 36.3 Å². The zero-order valence-corrected chi connectivity index (χ0v) is 16.3. The van der Waals surface area contributed by atoms with E-state index in [4.69, 9.17) is 5.11 Å². The van der Waals surface area contributed by atoms with Crippen LogP contribution in [0.4, 0.5) is 10.6 Å². The van der Waals surface area contributed by atoms with Crippen molar-refractivity contribution in [3.8, 4) is 0 Å². The molecule has 28 heavy (non-hydrogen) atoms. The highest BCUT2D eigenvalue weighted by Gasteiger charge is 2.41. The standard InChI is InChI=1S/C21H30N4O3/c26-19(5-1-14-7-9-22-10-8-14)15-2-6-20(23-13-15)25-17-3-4-18(25)12-16(11-17)24-21(27)28/h2,6,13-14,16-18,22,24H,1,3-5,7-12H2,(H,27,28). The third kappa shape index (κ3) is 4.29. The number of aromatic nitrogens is 1. The molecule has 2 atom stereocenters. The Labute approximate surface area is 165 Å². The van der Waals surface area contributed by atoms with Gasteiger partial charge < -0.3 is 20.6 Å². The molecule has 1 aromatic heterocycles. The number of fused-ring (bicyclic) bond motifs is 2. The number of pyridine rings is 1. The van der Waals surface area contributed by atoms with E-state index >= 15 is 0 Å². The summed E-state index contributed by atoms with van der Waals surface area (Å²) in [6.45, 7) is 2.13. The Bertz CT molecular complexity index is 688. The van der Waals surface area contributed by atoms with Crippen molar-refractivity contribution in [1.29, 1.82) is 0 Å². The molecule has 0 radical (unpaired) electrons. The van der Waals surface area contributed by atoms with Gasteiger partial charge in [-0.3, -0.25) is 4.79 Å². The number of carbonyl (C=O) groups is 2. The summed E-state index contributed by atoms with van der Waals surface area (Å²) in [5, 5.41) is 15.0. The van der Waals surface area contributed by atoms with Crippen molar-refractivity contribution in [3.63, 3.8) is 0 Å². The highest BCUT2D eigenvalue weighted by Crippen LogP contribution is 2.38. The van der Waals surface area contributed by atoms with E-state index in [9.17, 15) is 9.59 Å². The number of piperidine rings is 2. The predicted octanol–water partition coefficient (Wildman–Crippen LogP) is 2.81. The average molecular weight is 386 g/mol. The third-order valence-corrected chi connectivity index (χ3v) is 6.63. The van der Waals surface area contributed by atoms with Crippen LogP contribution in [-0.4, -0.2) is 53.2 Å². The first-order chi connectivity index (χ1) is 13.6. The minimum Gasteiger partial charge on any atom is -0.465 e. The molecular weight excluding hydrogens is 356 g/mol. The molecule has 7 nitrogen and oxygen atoms in total. The van der Waals surface area contributed by atoms with Crippen LogP contribution < -0.4 is 15.5 Å². The number of carbonyl (C=O) groups excluding carboxylic acids is 1. The van der Waals surface area contributed by atoms with Gasteiger partial charge in [-0.25, -0.2) is 9.78 Å². The van der Waals surface area contributed by atoms with Gasteiger partial charge in [0.15, 0.2) is 5.78 Å². The number of hydrogen-bond acceptors (Lipinski definition) is 5. The van der Waals surface area contributed by atoms with Crippen LogP contribution in [0.1, 0.15) is 61.7 Å². The Balaban J connectivity index is 1.34. The highest BCUT2D eigenvalue weighted by atomic mass is 16.4. The summed E-state index contributed by atoms with van der Waals surface area (Å²) in [6, 6.07) is 4.55. The largest absolute Gasteiger partial charge is 0.465 e. The lowest BCUT2D eigenvalue weighted by Gasteiger charge is -2.39. The molecule has 7 heteroatoms. The van der Waals surface area contributed by atoms with E-state index < -0.39 is 6.09 Å². The summed E-state index contributed by atoms with van der Waals surface area (Å²) in [4.78, 5) is 30.4. The normalized spacial score (nSPS) is 27.6. The van der Waals surface area contributed by atoms with Crippen LogP contribution in [0.2, 0.25) is 0 Å². The first kappa shape index (κ1) is 19.2. The van der Waals surface area contributed by atoms with E-state index in [1.165, 1.54) is 12.8 Å². The van der Waals surface area contributed by atoms with Gasteiger partial charge in [0.1, 0.15) is 5.82 Å². The van der Waals surface area contributed by atoms with E-state index in [-0.39, 0.29) is 11.8 Å². The molecule has 3 aliphatic heterocycles. The van der Waals surface area contributed by atoms with Crippen molar-refractivity contribution in [1.82, 2.24) is 15.6 Å². The lowest BCUT2D eigenvalue weighted by Crippen LogP contribution is -2.50. The fourth-order valence-corrected chi connectivity index (χ4v) is 5.20. The Morgan fingerprint density at radius 2 is 1.86 bits per heavy atom. The summed E-state index contributed by atoms with van der Waals surface area (Å²) in [7, 11) is 0. The van der Waals surface area contributed by atoms with E-state index in [1.54, 1.807) is 6.20 Å². The molecule has 2 unspecified atom stereocenters. The number of rotatable bonds is 6. The quantitative estimate of drug-likeness (QED) is 0.651. The Kier molecular flexibility index (Phi) is 5.80. The first-order valence-electron chi connectivity index (χ1n) is 10.6. The first-order valence-corrected chi connectivity index (χ1v) is 10.6. The summed E-state index contributed by atoms with van der Waals surface area (Å²) in [5.41, 5.74) is 0.701. The highest BCUT2D eigenvalue weighted by molar-refractivity contribution is 5.95. The molecule has 2 bridgehead atoms. The number of anilines is 1. The Morgan fingerprint density at radius 1 is 1.14 bits per heavy atom. The minimum absolute atomic E-state index is 0.0297. The average Bonchev–Trinajstić information content (AvgIpc) is 2.97. The summed E-state index contributed by atoms with van der Waals surface area (Å²) >= 11 is 0. The number of nitrogens with zero attached hydrogens (tertiary/aromatic N) is 2. The smallest absolute Gasteiger partial charge is 0.404 e. The van der Waals surface area contributed by atoms with E-state index in [2.05, 4.69) is 20.5 Å². The number of ketones is 1. The van der Waals surface area contributed by atoms with Crippen molar-refractivity contribution in [2.45, 2.75) is 69.5 Å². The molecule has 0 aromatic carbocycles. The molecule has 3 aliphatic rings. The second-order valence-electron chi connectivity index (χ2n) is 8.47. The van der Waals surface area contributed by atoms with Gasteiger partial charge in [0.25, 0.3) is 0 Å². The molecular formula is C21H30N4O3. The van der Waals surface area contributed by atoms with Crippen LogP contribution in [0, 0.1) is 5.92 Å². The number of hydrogen-bond donors (Lipinski definition) is 3. The number of carboxylic acid groups (broad SMARTS) is 1. The predicted molar refractivity (Wildman–Crippen MR) is 107 cm³/mol. The maximum Gasteiger partial charge on any atom is 0.404 e. The zero-order chi connectivity index (χ0) is 19.5. The summed E-state index contributed by atoms with van der Waals surface area (Å²) in [6.07, 6.45) is 8.47. The minimum atomic E-state index is -0.941. The second-order valence-corrected chi connectivity index (χ2v) is 8.47. The molecule has 3 fully saturated rings. The van der Waals surface area contributed by atoms with Crippen molar-refractivity contribution in [2.75, 3.05) is 18.0 Å². The van der Waals surface area contributed by atoms with E-state index in [1.807, 2.05) is 12.1 Å². The molecule has 0 aliphatic carbocycles. The maximum atomic E-state index is 12.5. The molecule has 3 saturated heterocycles. The molecule has 0 saturated carbocycles. The van der Waals surface area contributed by atoms with Gasteiger partial charge in [-0.05, 0) is 76.1 Å². The van der Waals surface area contributed by atoms with E-state index in [0.717, 1.165) is 51.0 Å². The molecule has 0 spiro atoms. The molecule has 4 rings (SSSR count). The van der Waals surface area contributed by atoms with Crippen molar-refractivity contribution in [3.05, 3.63) is 23.9 Å². The van der Waals surface area contributed by atoms with Crippen LogP contribution in [0.15, 0.2) is 18.3 Å². The molecule has 152 valence electrons. The Morgan fingerprint density at radius 3 is 2.46 bits per heavy atom. The number of Topliss-reactive ketones (excluding diaryl/α,β-unsaturated/α-hetero) is 1. The van der Waals surface area contributed by atoms with Gasteiger partial charge in [-0.15, -0.1) is 0 Å². The van der Waals surface area contributed by atoms with Crippen molar-refractivity contribution >= 4 is 17.7 Å². The Hall–Kier alpha value is -2.15. The maximum absolute atomic E-state index is 12.5. The monoisotopic (exact) mass is 386 g/mol. The lowest BCUT2D eigenvalue weighted by atomic mass is 9.91. The fraction of sp³-hybridized carbons (Fsp3) is 0.667. The summed E-state index contributed by atoms with van der Waals surface area (Å²) in [5.74, 6) is 1.76. The van der Waals surface area contributed by atoms with Crippen LogP contribution in [0.3, 0.4) is 0 Å². The lowest BCUT2D eigenvalue weighted by molar-refractivity contribution is 0.0970.